The third-order valence-corrected chi connectivity index (χ3v) is 4.83. The molecule has 0 spiro atoms. The minimum Gasteiger partial charge on any atom is -0.366 e. The Labute approximate surface area is 143 Å². The Morgan fingerprint density at radius 1 is 1.12 bits per heavy atom. The molecule has 2 aromatic carbocycles. The molecule has 3 atom stereocenters. The van der Waals surface area contributed by atoms with Crippen molar-refractivity contribution in [2.24, 2.45) is 0 Å². The van der Waals surface area contributed by atoms with E-state index in [2.05, 4.69) is 42.7 Å². The summed E-state index contributed by atoms with van der Waals surface area (Å²) in [6.45, 7) is 7.15. The monoisotopic (exact) mass is 325 g/mol. The number of nitrogens with zero attached hydrogens (tertiary/aromatic N) is 1. The van der Waals surface area contributed by atoms with Gasteiger partial charge in [0.2, 0.25) is 0 Å². The van der Waals surface area contributed by atoms with Gasteiger partial charge in [0.05, 0.1) is 0 Å². The molecular formula is C21H24FNO. The van der Waals surface area contributed by atoms with E-state index in [9.17, 15) is 4.39 Å². The van der Waals surface area contributed by atoms with E-state index in [1.165, 1.54) is 17.7 Å². The summed E-state index contributed by atoms with van der Waals surface area (Å²) in [5, 5.41) is 0. The molecular weight excluding hydrogens is 301 g/mol. The Morgan fingerprint density at radius 3 is 2.38 bits per heavy atom. The van der Waals surface area contributed by atoms with Gasteiger partial charge < -0.3 is 4.74 Å². The number of hydrogen-bond donors (Lipinski definition) is 0. The van der Waals surface area contributed by atoms with E-state index < -0.39 is 0 Å². The van der Waals surface area contributed by atoms with Gasteiger partial charge in [-0.2, -0.15) is 0 Å². The highest BCUT2D eigenvalue weighted by molar-refractivity contribution is 5.32. The molecule has 1 saturated heterocycles. The predicted octanol–water partition coefficient (Wildman–Crippen LogP) is 4.38. The van der Waals surface area contributed by atoms with Gasteiger partial charge in [-0.1, -0.05) is 54.6 Å². The van der Waals surface area contributed by atoms with Crippen LogP contribution in [0.2, 0.25) is 0 Å². The second-order valence-corrected chi connectivity index (χ2v) is 6.47. The Balaban J connectivity index is 1.77. The van der Waals surface area contributed by atoms with Gasteiger partial charge in [-0.3, -0.25) is 4.90 Å². The predicted molar refractivity (Wildman–Crippen MR) is 95.4 cm³/mol. The quantitative estimate of drug-likeness (QED) is 0.731. The SMILES string of the molecule is C=C(C)C1C(c2ccc(F)cc2)C(OC)N1CCc1ccccc1. The number of hydrogen-bond acceptors (Lipinski definition) is 2. The molecule has 0 amide bonds. The van der Waals surface area contributed by atoms with Crippen LogP contribution >= 0.6 is 0 Å². The van der Waals surface area contributed by atoms with Gasteiger partial charge in [0, 0.05) is 25.6 Å². The molecule has 126 valence electrons. The largest absolute Gasteiger partial charge is 0.366 e. The third-order valence-electron chi connectivity index (χ3n) is 4.83. The van der Waals surface area contributed by atoms with E-state index in [-0.39, 0.29) is 24.0 Å². The standard InChI is InChI=1S/C21H24FNO/c1-15(2)20-19(17-9-11-18(22)12-10-17)21(24-3)23(20)14-13-16-7-5-4-6-8-16/h4-12,19-21H,1,13-14H2,2-3H3. The van der Waals surface area contributed by atoms with Crippen molar-refractivity contribution < 1.29 is 9.13 Å². The van der Waals surface area contributed by atoms with Gasteiger partial charge in [-0.05, 0) is 36.6 Å². The van der Waals surface area contributed by atoms with Gasteiger partial charge in [0.25, 0.3) is 0 Å². The Morgan fingerprint density at radius 2 is 1.79 bits per heavy atom. The van der Waals surface area contributed by atoms with Crippen molar-refractivity contribution in [3.05, 3.63) is 83.7 Å². The molecule has 2 nitrogen and oxygen atoms in total. The summed E-state index contributed by atoms with van der Waals surface area (Å²) in [5.74, 6) is -0.0104. The summed E-state index contributed by atoms with van der Waals surface area (Å²) in [4.78, 5) is 2.35. The van der Waals surface area contributed by atoms with Crippen molar-refractivity contribution in [1.82, 2.24) is 4.90 Å². The Bertz CT molecular complexity index is 683. The van der Waals surface area contributed by atoms with Crippen LogP contribution in [0.15, 0.2) is 66.7 Å². The first-order valence-electron chi connectivity index (χ1n) is 8.35. The highest BCUT2D eigenvalue weighted by Gasteiger charge is 2.49. The zero-order chi connectivity index (χ0) is 17.1. The molecule has 0 bridgehead atoms. The maximum Gasteiger partial charge on any atom is 0.123 e. The molecule has 0 saturated carbocycles. The van der Waals surface area contributed by atoms with Crippen molar-refractivity contribution in [3.63, 3.8) is 0 Å². The summed E-state index contributed by atoms with van der Waals surface area (Å²) in [7, 11) is 1.74. The van der Waals surface area contributed by atoms with Crippen LogP contribution in [0, 0.1) is 5.82 Å². The maximum atomic E-state index is 13.2. The Hall–Kier alpha value is -1.97. The lowest BCUT2D eigenvalue weighted by atomic mass is 9.77. The molecule has 3 rings (SSSR count). The Kier molecular flexibility index (Phi) is 5.12. The molecule has 3 unspecified atom stereocenters. The second kappa shape index (κ2) is 7.29. The van der Waals surface area contributed by atoms with Crippen LogP contribution in [0.5, 0.6) is 0 Å². The number of halogens is 1. The first-order valence-corrected chi connectivity index (χ1v) is 8.35. The van der Waals surface area contributed by atoms with Crippen molar-refractivity contribution in [3.8, 4) is 0 Å². The summed E-state index contributed by atoms with van der Waals surface area (Å²) >= 11 is 0. The molecule has 1 aliphatic rings. The van der Waals surface area contributed by atoms with Gasteiger partial charge in [-0.15, -0.1) is 0 Å². The fraction of sp³-hybridized carbons (Fsp3) is 0.333. The maximum absolute atomic E-state index is 13.2. The van der Waals surface area contributed by atoms with E-state index in [4.69, 9.17) is 4.74 Å². The minimum atomic E-state index is -0.208. The van der Waals surface area contributed by atoms with Crippen LogP contribution in [0.4, 0.5) is 4.39 Å². The molecule has 0 radical (unpaired) electrons. The summed E-state index contributed by atoms with van der Waals surface area (Å²) in [5.41, 5.74) is 3.54. The summed E-state index contributed by atoms with van der Waals surface area (Å²) in [6, 6.07) is 17.4. The first-order chi connectivity index (χ1) is 11.6. The molecule has 1 fully saturated rings. The molecule has 1 aliphatic heterocycles. The zero-order valence-corrected chi connectivity index (χ0v) is 14.3. The van der Waals surface area contributed by atoms with E-state index in [1.807, 2.05) is 18.2 Å². The van der Waals surface area contributed by atoms with E-state index in [0.717, 1.165) is 24.1 Å². The van der Waals surface area contributed by atoms with Crippen molar-refractivity contribution >= 4 is 0 Å². The number of rotatable bonds is 6. The lowest BCUT2D eigenvalue weighted by Gasteiger charge is -2.55. The van der Waals surface area contributed by atoms with Crippen molar-refractivity contribution in [2.45, 2.75) is 31.5 Å². The summed E-state index contributed by atoms with van der Waals surface area (Å²) < 4.78 is 19.0. The number of ether oxygens (including phenoxy) is 1. The number of likely N-dealkylation sites (tertiary alicyclic amines) is 1. The molecule has 0 N–H and O–H groups in total. The van der Waals surface area contributed by atoms with Crippen molar-refractivity contribution in [1.29, 1.82) is 0 Å². The lowest BCUT2D eigenvalue weighted by molar-refractivity contribution is -0.149. The van der Waals surface area contributed by atoms with Gasteiger partial charge in [0.1, 0.15) is 12.0 Å². The van der Waals surface area contributed by atoms with Gasteiger partial charge in [-0.25, -0.2) is 4.39 Å². The molecule has 0 aliphatic carbocycles. The minimum absolute atomic E-state index is 0.000809. The fourth-order valence-corrected chi connectivity index (χ4v) is 3.70. The van der Waals surface area contributed by atoms with Gasteiger partial charge in [0.15, 0.2) is 0 Å². The number of methoxy groups -OCH3 is 1. The van der Waals surface area contributed by atoms with Crippen LogP contribution in [0.25, 0.3) is 0 Å². The molecule has 3 heteroatoms. The smallest absolute Gasteiger partial charge is 0.123 e. The van der Waals surface area contributed by atoms with Crippen molar-refractivity contribution in [2.75, 3.05) is 13.7 Å². The average molecular weight is 325 g/mol. The second-order valence-electron chi connectivity index (χ2n) is 6.47. The lowest BCUT2D eigenvalue weighted by Crippen LogP contribution is -2.63. The highest BCUT2D eigenvalue weighted by atomic mass is 19.1. The highest BCUT2D eigenvalue weighted by Crippen LogP contribution is 2.44. The van der Waals surface area contributed by atoms with E-state index in [0.29, 0.717) is 0 Å². The zero-order valence-electron chi connectivity index (χ0n) is 14.3. The van der Waals surface area contributed by atoms with Crippen LogP contribution in [0.1, 0.15) is 24.0 Å². The summed E-state index contributed by atoms with van der Waals surface area (Å²) in [6.07, 6.45) is 0.974. The normalized spacial score (nSPS) is 23.7. The van der Waals surface area contributed by atoms with E-state index in [1.54, 1.807) is 7.11 Å². The van der Waals surface area contributed by atoms with Crippen LogP contribution < -0.4 is 0 Å². The molecule has 0 aromatic heterocycles. The van der Waals surface area contributed by atoms with Gasteiger partial charge >= 0.3 is 0 Å². The average Bonchev–Trinajstić information content (AvgIpc) is 2.56. The van der Waals surface area contributed by atoms with Crippen LogP contribution in [-0.2, 0) is 11.2 Å². The topological polar surface area (TPSA) is 12.5 Å². The fourth-order valence-electron chi connectivity index (χ4n) is 3.70. The molecule has 24 heavy (non-hydrogen) atoms. The molecule has 1 heterocycles. The first kappa shape index (κ1) is 16.9. The third kappa shape index (κ3) is 3.28. The van der Waals surface area contributed by atoms with Crippen LogP contribution in [0.3, 0.4) is 0 Å². The van der Waals surface area contributed by atoms with E-state index >= 15 is 0 Å². The van der Waals surface area contributed by atoms with Crippen LogP contribution in [-0.4, -0.2) is 30.8 Å². The molecule has 2 aromatic rings. The number of benzene rings is 2.